The fourth-order valence-corrected chi connectivity index (χ4v) is 2.79. The Morgan fingerprint density at radius 3 is 2.38 bits per heavy atom. The van der Waals surface area contributed by atoms with Crippen LogP contribution in [0.4, 0.5) is 0 Å². The van der Waals surface area contributed by atoms with Gasteiger partial charge in [0.1, 0.15) is 17.6 Å². The molecule has 2 atom stereocenters. The van der Waals surface area contributed by atoms with E-state index >= 15 is 0 Å². The zero-order valence-corrected chi connectivity index (χ0v) is 12.8. The van der Waals surface area contributed by atoms with E-state index in [0.29, 0.717) is 17.7 Å². The second-order valence-corrected chi connectivity index (χ2v) is 5.81. The summed E-state index contributed by atoms with van der Waals surface area (Å²) in [7, 11) is 1.58. The summed E-state index contributed by atoms with van der Waals surface area (Å²) < 4.78 is 10.7. The average Bonchev–Trinajstić information content (AvgIpc) is 2.90. The van der Waals surface area contributed by atoms with E-state index < -0.39 is 0 Å². The molecule has 0 aliphatic heterocycles. The molecule has 21 heavy (non-hydrogen) atoms. The maximum Gasteiger partial charge on any atom is 0.338 e. The zero-order valence-electron chi connectivity index (χ0n) is 12.8. The van der Waals surface area contributed by atoms with Crippen LogP contribution in [0.1, 0.15) is 43.5 Å². The molecule has 2 rings (SSSR count). The molecular formula is C17H22O4. The van der Waals surface area contributed by atoms with Crippen molar-refractivity contribution in [3.63, 3.8) is 0 Å². The summed E-state index contributed by atoms with van der Waals surface area (Å²) in [6, 6.07) is 6.80. The van der Waals surface area contributed by atoms with Gasteiger partial charge in [0.25, 0.3) is 0 Å². The summed E-state index contributed by atoms with van der Waals surface area (Å²) in [6.45, 7) is 3.97. The summed E-state index contributed by atoms with van der Waals surface area (Å²) in [5, 5.41) is 0. The highest BCUT2D eigenvalue weighted by Gasteiger charge is 2.36. The Bertz CT molecular complexity index is 504. The van der Waals surface area contributed by atoms with E-state index in [1.807, 2.05) is 13.8 Å². The molecule has 2 unspecified atom stereocenters. The Balaban J connectivity index is 2.08. The lowest BCUT2D eigenvalue weighted by atomic mass is 9.91. The van der Waals surface area contributed by atoms with Crippen LogP contribution in [0, 0.1) is 11.8 Å². The van der Waals surface area contributed by atoms with Crippen LogP contribution >= 0.6 is 0 Å². The number of benzene rings is 1. The van der Waals surface area contributed by atoms with Crippen LogP contribution < -0.4 is 4.74 Å². The standard InChI is InChI=1S/C17H22O4/c1-11(2)16(14-5-4-6-15(14)18)21-17(19)12-7-9-13(20-3)10-8-12/h7-11,14,16H,4-6H2,1-3H3. The van der Waals surface area contributed by atoms with E-state index in [2.05, 4.69) is 0 Å². The van der Waals surface area contributed by atoms with Gasteiger partial charge in [-0.2, -0.15) is 0 Å². The maximum absolute atomic E-state index is 12.2. The molecule has 1 saturated carbocycles. The molecule has 1 fully saturated rings. The molecule has 1 aliphatic carbocycles. The summed E-state index contributed by atoms with van der Waals surface area (Å²) >= 11 is 0. The van der Waals surface area contributed by atoms with Gasteiger partial charge in [-0.15, -0.1) is 0 Å². The fraction of sp³-hybridized carbons (Fsp3) is 0.529. The van der Waals surface area contributed by atoms with E-state index in [1.165, 1.54) is 0 Å². The number of ketones is 1. The van der Waals surface area contributed by atoms with Crippen molar-refractivity contribution in [3.8, 4) is 5.75 Å². The minimum Gasteiger partial charge on any atom is -0.497 e. The number of Topliss-reactive ketones (excluding diaryl/α,β-unsaturated/α-hetero) is 1. The number of rotatable bonds is 5. The Labute approximate surface area is 125 Å². The first-order valence-corrected chi connectivity index (χ1v) is 7.40. The van der Waals surface area contributed by atoms with Crippen LogP contribution in [-0.4, -0.2) is 25.0 Å². The molecule has 0 spiro atoms. The van der Waals surface area contributed by atoms with E-state index in [9.17, 15) is 9.59 Å². The molecule has 0 saturated heterocycles. The molecule has 1 aliphatic rings. The van der Waals surface area contributed by atoms with Gasteiger partial charge in [0, 0.05) is 6.42 Å². The molecule has 4 heteroatoms. The number of hydrogen-bond donors (Lipinski definition) is 0. The zero-order chi connectivity index (χ0) is 15.4. The van der Waals surface area contributed by atoms with Gasteiger partial charge in [0.2, 0.25) is 0 Å². The second kappa shape index (κ2) is 6.74. The number of ether oxygens (including phenoxy) is 2. The molecule has 0 N–H and O–H groups in total. The second-order valence-electron chi connectivity index (χ2n) is 5.81. The first-order chi connectivity index (χ1) is 10.0. The topological polar surface area (TPSA) is 52.6 Å². The molecule has 1 aromatic rings. The third-order valence-corrected chi connectivity index (χ3v) is 3.97. The van der Waals surface area contributed by atoms with Crippen LogP contribution in [-0.2, 0) is 9.53 Å². The monoisotopic (exact) mass is 290 g/mol. The van der Waals surface area contributed by atoms with Crippen molar-refractivity contribution in [2.75, 3.05) is 7.11 Å². The molecule has 0 radical (unpaired) electrons. The van der Waals surface area contributed by atoms with Crippen molar-refractivity contribution in [1.29, 1.82) is 0 Å². The molecule has 114 valence electrons. The predicted molar refractivity (Wildman–Crippen MR) is 79.4 cm³/mol. The maximum atomic E-state index is 12.2. The van der Waals surface area contributed by atoms with Crippen molar-refractivity contribution < 1.29 is 19.1 Å². The number of carbonyl (C=O) groups is 2. The van der Waals surface area contributed by atoms with Crippen molar-refractivity contribution in [1.82, 2.24) is 0 Å². The van der Waals surface area contributed by atoms with Crippen LogP contribution in [0.2, 0.25) is 0 Å². The highest BCUT2D eigenvalue weighted by atomic mass is 16.5. The number of methoxy groups -OCH3 is 1. The summed E-state index contributed by atoms with van der Waals surface area (Å²) in [5.74, 6) is 0.511. The normalized spacial score (nSPS) is 19.6. The van der Waals surface area contributed by atoms with E-state index in [1.54, 1.807) is 31.4 Å². The molecule has 0 bridgehead atoms. The summed E-state index contributed by atoms with van der Waals surface area (Å²) in [6.07, 6.45) is 1.98. The van der Waals surface area contributed by atoms with Gasteiger partial charge in [-0.05, 0) is 43.0 Å². The van der Waals surface area contributed by atoms with Crippen LogP contribution in [0.3, 0.4) is 0 Å². The van der Waals surface area contributed by atoms with Gasteiger partial charge in [-0.3, -0.25) is 4.79 Å². The summed E-state index contributed by atoms with van der Waals surface area (Å²) in [5.41, 5.74) is 0.479. The van der Waals surface area contributed by atoms with E-state index in [4.69, 9.17) is 9.47 Å². The molecule has 0 aromatic heterocycles. The van der Waals surface area contributed by atoms with Gasteiger partial charge in [-0.25, -0.2) is 4.79 Å². The van der Waals surface area contributed by atoms with Gasteiger partial charge < -0.3 is 9.47 Å². The lowest BCUT2D eigenvalue weighted by molar-refractivity contribution is -0.124. The first kappa shape index (κ1) is 15.5. The Morgan fingerprint density at radius 1 is 1.24 bits per heavy atom. The van der Waals surface area contributed by atoms with Gasteiger partial charge in [-0.1, -0.05) is 13.8 Å². The van der Waals surface area contributed by atoms with Crippen LogP contribution in [0.25, 0.3) is 0 Å². The lowest BCUT2D eigenvalue weighted by Gasteiger charge is -2.26. The first-order valence-electron chi connectivity index (χ1n) is 7.40. The molecule has 1 aromatic carbocycles. The minimum atomic E-state index is -0.379. The van der Waals surface area contributed by atoms with Crippen molar-refractivity contribution in [2.24, 2.45) is 11.8 Å². The minimum absolute atomic E-state index is 0.124. The van der Waals surface area contributed by atoms with Crippen molar-refractivity contribution in [3.05, 3.63) is 29.8 Å². The van der Waals surface area contributed by atoms with Crippen molar-refractivity contribution >= 4 is 11.8 Å². The SMILES string of the molecule is COc1ccc(C(=O)OC(C(C)C)C2CCCC2=O)cc1. The van der Waals surface area contributed by atoms with Gasteiger partial charge >= 0.3 is 5.97 Å². The van der Waals surface area contributed by atoms with E-state index in [0.717, 1.165) is 12.8 Å². The average molecular weight is 290 g/mol. The summed E-state index contributed by atoms with van der Waals surface area (Å²) in [4.78, 5) is 24.2. The smallest absolute Gasteiger partial charge is 0.338 e. The van der Waals surface area contributed by atoms with Gasteiger partial charge in [0.15, 0.2) is 0 Å². The Kier molecular flexibility index (Phi) is 4.99. The van der Waals surface area contributed by atoms with Crippen LogP contribution in [0.15, 0.2) is 24.3 Å². The third kappa shape index (κ3) is 3.63. The van der Waals surface area contributed by atoms with Crippen LogP contribution in [0.5, 0.6) is 5.75 Å². The van der Waals surface area contributed by atoms with Crippen molar-refractivity contribution in [2.45, 2.75) is 39.2 Å². The molecule has 0 heterocycles. The molecular weight excluding hydrogens is 268 g/mol. The fourth-order valence-electron chi connectivity index (χ4n) is 2.79. The van der Waals surface area contributed by atoms with E-state index in [-0.39, 0.29) is 29.7 Å². The molecule has 4 nitrogen and oxygen atoms in total. The largest absolute Gasteiger partial charge is 0.497 e. The number of hydrogen-bond acceptors (Lipinski definition) is 4. The lowest BCUT2D eigenvalue weighted by Crippen LogP contribution is -2.34. The van der Waals surface area contributed by atoms with Gasteiger partial charge in [0.05, 0.1) is 18.6 Å². The highest BCUT2D eigenvalue weighted by molar-refractivity contribution is 5.90. The number of carbonyl (C=O) groups excluding carboxylic acids is 2. The Hall–Kier alpha value is -1.84. The quantitative estimate of drug-likeness (QED) is 0.781. The number of esters is 1. The Morgan fingerprint density at radius 2 is 1.90 bits per heavy atom. The predicted octanol–water partition coefficient (Wildman–Crippen LogP) is 3.25. The highest BCUT2D eigenvalue weighted by Crippen LogP contribution is 2.30. The third-order valence-electron chi connectivity index (χ3n) is 3.97. The molecule has 0 amide bonds.